The van der Waals surface area contributed by atoms with Crippen LogP contribution in [-0.2, 0) is 52.2 Å². The van der Waals surface area contributed by atoms with Gasteiger partial charge in [-0.2, -0.15) is 0 Å². The van der Waals surface area contributed by atoms with Crippen LogP contribution in [-0.4, -0.2) is 87.6 Å². The van der Waals surface area contributed by atoms with Crippen molar-refractivity contribution in [3.63, 3.8) is 0 Å². The molecule has 308 valence electrons. The fourth-order valence-electron chi connectivity index (χ4n) is 6.28. The second-order valence-corrected chi connectivity index (χ2v) is 17.2. The molecule has 2 fully saturated rings. The van der Waals surface area contributed by atoms with Gasteiger partial charge in [0, 0.05) is 39.0 Å². The average Bonchev–Trinajstić information content (AvgIpc) is 3.24. The van der Waals surface area contributed by atoms with Crippen molar-refractivity contribution in [3.8, 4) is 0 Å². The first-order valence-corrected chi connectivity index (χ1v) is 21.8. The lowest BCUT2D eigenvalue weighted by Gasteiger charge is -2.34. The number of esters is 2. The van der Waals surface area contributed by atoms with Gasteiger partial charge >= 0.3 is 11.9 Å². The van der Waals surface area contributed by atoms with Crippen LogP contribution in [0.3, 0.4) is 0 Å². The minimum absolute atomic E-state index is 0.0168. The molecule has 0 radical (unpaired) electrons. The summed E-state index contributed by atoms with van der Waals surface area (Å²) in [7, 11) is -9.53. The molecule has 0 saturated carbocycles. The van der Waals surface area contributed by atoms with Crippen LogP contribution in [0, 0.1) is 5.92 Å². The highest BCUT2D eigenvalue weighted by molar-refractivity contribution is 8.03. The minimum Gasteiger partial charge on any atom is -0.466 e. The first-order valence-electron chi connectivity index (χ1n) is 18.9. The van der Waals surface area contributed by atoms with Crippen molar-refractivity contribution >= 4 is 32.0 Å². The second-order valence-electron chi connectivity index (χ2n) is 13.5. The summed E-state index contributed by atoms with van der Waals surface area (Å²) < 4.78 is 84.8. The summed E-state index contributed by atoms with van der Waals surface area (Å²) in [6.07, 6.45) is 2.29. The maximum Gasteiger partial charge on any atom is 0.343 e. The SMILES string of the molecule is CCOC(=O)C1(F)CCN(Cc2ccccc2)CC1.CCOC(=O)C1CCN(Cc2ccccc2)CC1.O=S(=O)(c1ccccc1)N(F)S(=O)(=O)c1ccccc1. The summed E-state index contributed by atoms with van der Waals surface area (Å²) >= 11 is 0. The predicted octanol–water partition coefficient (Wildman–Crippen LogP) is 6.97. The molecule has 57 heavy (non-hydrogen) atoms. The molecule has 15 heteroatoms. The number of carbonyl (C=O) groups is 2. The Morgan fingerprint density at radius 2 is 1.00 bits per heavy atom. The van der Waals surface area contributed by atoms with E-state index in [9.17, 15) is 35.3 Å². The van der Waals surface area contributed by atoms with Gasteiger partial charge in [0.25, 0.3) is 20.0 Å². The first-order chi connectivity index (χ1) is 27.3. The fourth-order valence-corrected chi connectivity index (χ4v) is 9.16. The van der Waals surface area contributed by atoms with E-state index in [1.807, 2.05) is 31.2 Å². The molecule has 0 unspecified atom stereocenters. The van der Waals surface area contributed by atoms with Crippen molar-refractivity contribution in [1.29, 1.82) is 0 Å². The van der Waals surface area contributed by atoms with Gasteiger partial charge in [0.05, 0.1) is 32.9 Å². The highest BCUT2D eigenvalue weighted by Crippen LogP contribution is 2.29. The van der Waals surface area contributed by atoms with Gasteiger partial charge in [0.1, 0.15) is 0 Å². The van der Waals surface area contributed by atoms with Crippen molar-refractivity contribution in [2.45, 2.75) is 68.1 Å². The van der Waals surface area contributed by atoms with E-state index in [0.717, 1.165) is 63.3 Å². The Hall–Kier alpha value is -4.54. The van der Waals surface area contributed by atoms with Gasteiger partial charge in [0.2, 0.25) is 5.67 Å². The summed E-state index contributed by atoms with van der Waals surface area (Å²) in [4.78, 5) is 26.9. The minimum atomic E-state index is -4.77. The molecule has 0 atom stereocenters. The zero-order valence-corrected chi connectivity index (χ0v) is 33.9. The summed E-state index contributed by atoms with van der Waals surface area (Å²) in [6.45, 7) is 9.22. The van der Waals surface area contributed by atoms with E-state index in [-0.39, 0.29) is 31.3 Å². The van der Waals surface area contributed by atoms with Gasteiger partial charge in [-0.3, -0.25) is 14.6 Å². The lowest BCUT2D eigenvalue weighted by Crippen LogP contribution is -2.46. The number of nitrogens with zero attached hydrogens (tertiary/aromatic N) is 3. The summed E-state index contributed by atoms with van der Waals surface area (Å²) in [5, 5.41) is 0. The number of sulfonamides is 2. The van der Waals surface area contributed by atoms with Gasteiger partial charge in [-0.25, -0.2) is 26.0 Å². The van der Waals surface area contributed by atoms with Crippen molar-refractivity contribution in [2.24, 2.45) is 5.92 Å². The van der Waals surface area contributed by atoms with Crippen LogP contribution in [0.25, 0.3) is 0 Å². The third kappa shape index (κ3) is 13.3. The van der Waals surface area contributed by atoms with Gasteiger partial charge in [-0.15, -0.1) is 4.48 Å². The molecule has 0 spiro atoms. The molecule has 6 rings (SSSR count). The average molecular weight is 828 g/mol. The highest BCUT2D eigenvalue weighted by Gasteiger charge is 2.43. The van der Waals surface area contributed by atoms with E-state index in [1.54, 1.807) is 6.92 Å². The van der Waals surface area contributed by atoms with E-state index in [0.29, 0.717) is 19.7 Å². The summed E-state index contributed by atoms with van der Waals surface area (Å²) in [5.41, 5.74) is 0.764. The normalized spacial score (nSPS) is 16.3. The molecule has 4 aromatic carbocycles. The number of alkyl halides is 1. The molecule has 2 aliphatic rings. The Kier molecular flexibility index (Phi) is 17.3. The molecule has 0 bridgehead atoms. The number of rotatable bonds is 12. The van der Waals surface area contributed by atoms with Crippen LogP contribution >= 0.6 is 0 Å². The van der Waals surface area contributed by atoms with E-state index in [2.05, 4.69) is 46.2 Å². The Morgan fingerprint density at radius 3 is 1.39 bits per heavy atom. The third-order valence-corrected chi connectivity index (χ3v) is 13.1. The largest absolute Gasteiger partial charge is 0.466 e. The van der Waals surface area contributed by atoms with E-state index in [1.165, 1.54) is 47.5 Å². The van der Waals surface area contributed by atoms with Gasteiger partial charge in [0.15, 0.2) is 0 Å². The molecule has 0 N–H and O–H groups in total. The zero-order valence-electron chi connectivity index (χ0n) is 32.3. The van der Waals surface area contributed by atoms with Crippen LogP contribution in [0.15, 0.2) is 131 Å². The van der Waals surface area contributed by atoms with E-state index < -0.39 is 45.4 Å². The molecule has 2 saturated heterocycles. The molecule has 11 nitrogen and oxygen atoms in total. The molecule has 0 aromatic heterocycles. The number of benzene rings is 4. The van der Waals surface area contributed by atoms with Crippen molar-refractivity contribution in [3.05, 3.63) is 132 Å². The van der Waals surface area contributed by atoms with Crippen LogP contribution < -0.4 is 0 Å². The number of piperidine rings is 2. The monoisotopic (exact) mass is 827 g/mol. The molecule has 0 aliphatic carbocycles. The summed E-state index contributed by atoms with van der Waals surface area (Å²) in [6, 6.07) is 33.6. The first kappa shape index (κ1) is 45.2. The third-order valence-electron chi connectivity index (χ3n) is 9.46. The fraction of sp³-hybridized carbons (Fsp3) is 0.381. The molecule has 2 heterocycles. The zero-order chi connectivity index (χ0) is 41.3. The van der Waals surface area contributed by atoms with Crippen LogP contribution in [0.4, 0.5) is 8.87 Å². The maximum absolute atomic E-state index is 14.4. The maximum atomic E-state index is 14.4. The topological polar surface area (TPSA) is 131 Å². The molecule has 0 amide bonds. The molecule has 2 aliphatic heterocycles. The van der Waals surface area contributed by atoms with Crippen LogP contribution in [0.5, 0.6) is 0 Å². The van der Waals surface area contributed by atoms with E-state index in [4.69, 9.17) is 9.47 Å². The van der Waals surface area contributed by atoms with Gasteiger partial charge in [-0.05, 0) is 75.2 Å². The van der Waals surface area contributed by atoms with Gasteiger partial charge < -0.3 is 9.47 Å². The number of hydrogen-bond donors (Lipinski definition) is 0. The second kappa shape index (κ2) is 21.8. The number of hydrogen-bond acceptors (Lipinski definition) is 10. The van der Waals surface area contributed by atoms with Crippen LogP contribution in [0.2, 0.25) is 0 Å². The molecular weight excluding hydrogens is 777 g/mol. The number of ether oxygens (including phenoxy) is 2. The lowest BCUT2D eigenvalue weighted by atomic mass is 9.93. The highest BCUT2D eigenvalue weighted by atomic mass is 32.3. The number of halogens is 2. The Morgan fingerprint density at radius 1 is 0.632 bits per heavy atom. The lowest BCUT2D eigenvalue weighted by molar-refractivity contribution is -0.160. The summed E-state index contributed by atoms with van der Waals surface area (Å²) in [5.74, 6) is -0.608. The Bertz CT molecular complexity index is 1960. The van der Waals surface area contributed by atoms with Crippen molar-refractivity contribution < 1.29 is 44.8 Å². The van der Waals surface area contributed by atoms with E-state index >= 15 is 0 Å². The quantitative estimate of drug-likeness (QED) is 0.109. The van der Waals surface area contributed by atoms with Crippen molar-refractivity contribution in [2.75, 3.05) is 39.4 Å². The Labute approximate surface area is 335 Å². The molecular formula is C42H51F2N3O8S2. The van der Waals surface area contributed by atoms with Crippen molar-refractivity contribution in [1.82, 2.24) is 13.7 Å². The Balaban J connectivity index is 0.000000190. The van der Waals surface area contributed by atoms with Gasteiger partial charge in [-0.1, -0.05) is 97.1 Å². The standard InChI is InChI=1S/C15H20FNO2.C15H21NO2.C12H10FNO4S2/c1-2-19-14(18)15(16)8-10-17(11-9-15)12-13-6-4-3-5-7-13;1-2-18-15(17)14-8-10-16(11-9-14)12-13-6-4-3-5-7-13;13-14(19(15,16)11-7-3-1-4-8-11)20(17,18)12-9-5-2-6-10-12/h3-7H,2,8-12H2,1H3;3-7,14H,2,8-12H2,1H3;1-10H. The predicted molar refractivity (Wildman–Crippen MR) is 213 cm³/mol. The number of carbonyl (C=O) groups excluding carboxylic acids is 2. The van der Waals surface area contributed by atoms with Crippen LogP contribution in [0.1, 0.15) is 50.7 Å². The molecule has 4 aromatic rings. The number of likely N-dealkylation sites (tertiary alicyclic amines) is 2. The smallest absolute Gasteiger partial charge is 0.343 e.